The molecule has 0 aliphatic rings. The van der Waals surface area contributed by atoms with Gasteiger partial charge in [0.25, 0.3) is 0 Å². The van der Waals surface area contributed by atoms with E-state index in [-0.39, 0.29) is 23.4 Å². The van der Waals surface area contributed by atoms with E-state index in [0.717, 1.165) is 12.1 Å². The van der Waals surface area contributed by atoms with E-state index in [1.54, 1.807) is 0 Å². The summed E-state index contributed by atoms with van der Waals surface area (Å²) >= 11 is 0. The quantitative estimate of drug-likeness (QED) is 0.633. The lowest BCUT2D eigenvalue weighted by atomic mass is 10.1. The van der Waals surface area contributed by atoms with Gasteiger partial charge in [0, 0.05) is 12.2 Å². The van der Waals surface area contributed by atoms with Crippen LogP contribution in [0.5, 0.6) is 0 Å². The molecule has 0 spiro atoms. The molecule has 0 aromatic heterocycles. The Morgan fingerprint density at radius 3 is 2.50 bits per heavy atom. The standard InChI is InChI=1S/C17H14F4N2O3/c1-26-15(24)11-3-2-4-14(7-11)23-16(25)22-9-10-5-12(17(19,20)21)8-13(18)6-10/h2-8H,9H2,1H3,(H2,22,23,25). The summed E-state index contributed by atoms with van der Waals surface area (Å²) < 4.78 is 55.9. The Morgan fingerprint density at radius 1 is 1.12 bits per heavy atom. The number of hydrogen-bond donors (Lipinski definition) is 2. The maximum Gasteiger partial charge on any atom is 0.416 e. The molecule has 0 aliphatic carbocycles. The number of carbonyl (C=O) groups is 2. The van der Waals surface area contributed by atoms with Gasteiger partial charge in [0.15, 0.2) is 0 Å². The number of nitrogens with one attached hydrogen (secondary N) is 2. The number of hydrogen-bond acceptors (Lipinski definition) is 3. The van der Waals surface area contributed by atoms with E-state index in [1.807, 2.05) is 0 Å². The van der Waals surface area contributed by atoms with E-state index in [2.05, 4.69) is 15.4 Å². The van der Waals surface area contributed by atoms with Crippen molar-refractivity contribution in [2.75, 3.05) is 12.4 Å². The van der Waals surface area contributed by atoms with Crippen LogP contribution in [0.1, 0.15) is 21.5 Å². The summed E-state index contributed by atoms with van der Waals surface area (Å²) in [7, 11) is 1.21. The summed E-state index contributed by atoms with van der Waals surface area (Å²) in [5.41, 5.74) is -0.692. The number of rotatable bonds is 4. The number of methoxy groups -OCH3 is 1. The van der Waals surface area contributed by atoms with Crippen molar-refractivity contribution in [3.05, 3.63) is 65.0 Å². The second-order valence-corrected chi connectivity index (χ2v) is 5.23. The topological polar surface area (TPSA) is 67.4 Å². The van der Waals surface area contributed by atoms with Gasteiger partial charge in [0.05, 0.1) is 18.2 Å². The summed E-state index contributed by atoms with van der Waals surface area (Å²) in [5, 5.41) is 4.73. The zero-order valence-electron chi connectivity index (χ0n) is 13.5. The minimum Gasteiger partial charge on any atom is -0.465 e. The van der Waals surface area contributed by atoms with Crippen LogP contribution in [-0.2, 0) is 17.5 Å². The minimum atomic E-state index is -4.69. The molecule has 9 heteroatoms. The molecular weight excluding hydrogens is 356 g/mol. The van der Waals surface area contributed by atoms with E-state index in [4.69, 9.17) is 0 Å². The third-order valence-corrected chi connectivity index (χ3v) is 3.28. The SMILES string of the molecule is COC(=O)c1cccc(NC(=O)NCc2cc(F)cc(C(F)(F)F)c2)c1. The van der Waals surface area contributed by atoms with E-state index in [9.17, 15) is 27.2 Å². The molecule has 0 bridgehead atoms. The van der Waals surface area contributed by atoms with Gasteiger partial charge in [0.2, 0.25) is 0 Å². The number of anilines is 1. The Balaban J connectivity index is 2.01. The van der Waals surface area contributed by atoms with Crippen molar-refractivity contribution in [1.82, 2.24) is 5.32 Å². The predicted molar refractivity (Wildman–Crippen MR) is 85.0 cm³/mol. The van der Waals surface area contributed by atoms with Crippen LogP contribution < -0.4 is 10.6 Å². The van der Waals surface area contributed by atoms with Crippen LogP contribution >= 0.6 is 0 Å². The second-order valence-electron chi connectivity index (χ2n) is 5.23. The Hall–Kier alpha value is -3.10. The molecule has 0 atom stereocenters. The maximum atomic E-state index is 13.3. The highest BCUT2D eigenvalue weighted by molar-refractivity contribution is 5.93. The third-order valence-electron chi connectivity index (χ3n) is 3.28. The molecule has 0 heterocycles. The molecule has 0 saturated heterocycles. The lowest BCUT2D eigenvalue weighted by Gasteiger charge is -2.11. The summed E-state index contributed by atoms with van der Waals surface area (Å²) in [6, 6.07) is 7.18. The molecule has 0 radical (unpaired) electrons. The molecule has 2 rings (SSSR count). The normalized spacial score (nSPS) is 11.0. The van der Waals surface area contributed by atoms with Gasteiger partial charge in [-0.3, -0.25) is 0 Å². The Kier molecular flexibility index (Phi) is 5.81. The first kappa shape index (κ1) is 19.2. The van der Waals surface area contributed by atoms with Crippen molar-refractivity contribution < 1.29 is 31.9 Å². The number of amides is 2. The van der Waals surface area contributed by atoms with Crippen LogP contribution in [0.3, 0.4) is 0 Å². The monoisotopic (exact) mass is 370 g/mol. The lowest BCUT2D eigenvalue weighted by Crippen LogP contribution is -2.28. The molecular formula is C17H14F4N2O3. The predicted octanol–water partition coefficient (Wildman–Crippen LogP) is 3.95. The third kappa shape index (κ3) is 5.20. The van der Waals surface area contributed by atoms with Crippen LogP contribution in [0.2, 0.25) is 0 Å². The van der Waals surface area contributed by atoms with Crippen molar-refractivity contribution in [3.8, 4) is 0 Å². The van der Waals surface area contributed by atoms with Crippen LogP contribution in [0.15, 0.2) is 42.5 Å². The highest BCUT2D eigenvalue weighted by Crippen LogP contribution is 2.30. The van der Waals surface area contributed by atoms with Gasteiger partial charge in [-0.05, 0) is 42.0 Å². The number of alkyl halides is 3. The minimum absolute atomic E-state index is 0.0456. The van der Waals surface area contributed by atoms with Crippen LogP contribution in [0, 0.1) is 5.82 Å². The van der Waals surface area contributed by atoms with Crippen LogP contribution in [-0.4, -0.2) is 19.1 Å². The molecule has 26 heavy (non-hydrogen) atoms. The number of halogens is 4. The van der Waals surface area contributed by atoms with Crippen molar-refractivity contribution in [2.45, 2.75) is 12.7 Å². The number of carbonyl (C=O) groups excluding carboxylic acids is 2. The Labute approximate surface area is 146 Å². The first-order valence-corrected chi connectivity index (χ1v) is 7.29. The van der Waals surface area contributed by atoms with Gasteiger partial charge in [-0.15, -0.1) is 0 Å². The summed E-state index contributed by atoms with van der Waals surface area (Å²) in [4.78, 5) is 23.3. The maximum absolute atomic E-state index is 13.3. The summed E-state index contributed by atoms with van der Waals surface area (Å²) in [6.07, 6.45) is -4.69. The van der Waals surface area contributed by atoms with E-state index in [0.29, 0.717) is 6.07 Å². The fourth-order valence-corrected chi connectivity index (χ4v) is 2.12. The van der Waals surface area contributed by atoms with Crippen molar-refractivity contribution in [1.29, 1.82) is 0 Å². The smallest absolute Gasteiger partial charge is 0.416 e. The van der Waals surface area contributed by atoms with Crippen molar-refractivity contribution in [2.24, 2.45) is 0 Å². The second kappa shape index (κ2) is 7.85. The van der Waals surface area contributed by atoms with Crippen molar-refractivity contribution >= 4 is 17.7 Å². The first-order valence-electron chi connectivity index (χ1n) is 7.29. The molecule has 2 aromatic rings. The van der Waals surface area contributed by atoms with Gasteiger partial charge >= 0.3 is 18.2 Å². The lowest BCUT2D eigenvalue weighted by molar-refractivity contribution is -0.137. The number of ether oxygens (including phenoxy) is 1. The van der Waals surface area contributed by atoms with Gasteiger partial charge < -0.3 is 15.4 Å². The van der Waals surface area contributed by atoms with Crippen LogP contribution in [0.25, 0.3) is 0 Å². The molecule has 5 nitrogen and oxygen atoms in total. The van der Waals surface area contributed by atoms with Crippen LogP contribution in [0.4, 0.5) is 28.0 Å². The van der Waals surface area contributed by atoms with Gasteiger partial charge in [-0.25, -0.2) is 14.0 Å². The van der Waals surface area contributed by atoms with Gasteiger partial charge in [0.1, 0.15) is 5.82 Å². The average Bonchev–Trinajstić information content (AvgIpc) is 2.58. The number of benzene rings is 2. The van der Waals surface area contributed by atoms with E-state index >= 15 is 0 Å². The molecule has 2 amide bonds. The molecule has 0 saturated carbocycles. The number of esters is 1. The van der Waals surface area contributed by atoms with Gasteiger partial charge in [-0.2, -0.15) is 13.2 Å². The summed E-state index contributed by atoms with van der Waals surface area (Å²) in [6.45, 7) is -0.316. The highest BCUT2D eigenvalue weighted by Gasteiger charge is 2.31. The molecule has 138 valence electrons. The molecule has 0 fully saturated rings. The fourth-order valence-electron chi connectivity index (χ4n) is 2.12. The summed E-state index contributed by atoms with van der Waals surface area (Å²) in [5.74, 6) is -1.64. The largest absolute Gasteiger partial charge is 0.465 e. The molecule has 2 N–H and O–H groups in total. The molecule has 2 aromatic carbocycles. The number of urea groups is 1. The molecule has 0 unspecified atom stereocenters. The van der Waals surface area contributed by atoms with Crippen molar-refractivity contribution in [3.63, 3.8) is 0 Å². The highest BCUT2D eigenvalue weighted by atomic mass is 19.4. The zero-order chi connectivity index (χ0) is 19.3. The fraction of sp³-hybridized carbons (Fsp3) is 0.176. The Morgan fingerprint density at radius 2 is 1.85 bits per heavy atom. The first-order chi connectivity index (χ1) is 12.2. The Bertz CT molecular complexity index is 822. The molecule has 0 aliphatic heterocycles. The van der Waals surface area contributed by atoms with Gasteiger partial charge in [-0.1, -0.05) is 6.07 Å². The van der Waals surface area contributed by atoms with E-state index in [1.165, 1.54) is 31.4 Å². The average molecular weight is 370 g/mol. The zero-order valence-corrected chi connectivity index (χ0v) is 13.5. The van der Waals surface area contributed by atoms with E-state index < -0.39 is 29.6 Å².